The van der Waals surface area contributed by atoms with Gasteiger partial charge in [-0.05, 0) is 45.7 Å². The maximum atomic E-state index is 10.6. The molecule has 24 heavy (non-hydrogen) atoms. The molecule has 0 aliphatic heterocycles. The molecule has 0 radical (unpaired) electrons. The van der Waals surface area contributed by atoms with Crippen molar-refractivity contribution in [1.82, 2.24) is 15.5 Å². The van der Waals surface area contributed by atoms with E-state index in [1.807, 2.05) is 31.4 Å². The van der Waals surface area contributed by atoms with Crippen molar-refractivity contribution in [2.45, 2.75) is 46.3 Å². The van der Waals surface area contributed by atoms with Gasteiger partial charge in [0, 0.05) is 30.6 Å². The third-order valence-electron chi connectivity index (χ3n) is 3.77. The molecule has 7 heteroatoms. The first kappa shape index (κ1) is 23.6. The predicted octanol–water partition coefficient (Wildman–Crippen LogP) is 2.86. The lowest BCUT2D eigenvalue weighted by atomic mass is 10.1. The van der Waals surface area contributed by atoms with E-state index >= 15 is 0 Å². The van der Waals surface area contributed by atoms with E-state index in [9.17, 15) is 5.11 Å². The highest BCUT2D eigenvalue weighted by atomic mass is 127. The maximum Gasteiger partial charge on any atom is 0.191 e. The Bertz CT molecular complexity index is 463. The van der Waals surface area contributed by atoms with Crippen LogP contribution in [0.3, 0.4) is 0 Å². The molecule has 1 heterocycles. The minimum Gasteiger partial charge on any atom is -0.383 e. The minimum atomic E-state index is -0.927. The summed E-state index contributed by atoms with van der Waals surface area (Å²) in [5, 5.41) is 19.1. The summed E-state index contributed by atoms with van der Waals surface area (Å²) in [6, 6.07) is 4.44. The van der Waals surface area contributed by atoms with Gasteiger partial charge in [0.25, 0.3) is 0 Å². The van der Waals surface area contributed by atoms with Gasteiger partial charge in [-0.3, -0.25) is 4.90 Å². The van der Waals surface area contributed by atoms with E-state index in [1.165, 1.54) is 0 Å². The molecular formula is C17H33IN4OS. The molecule has 1 aromatic rings. The fourth-order valence-corrected chi connectivity index (χ4v) is 3.12. The van der Waals surface area contributed by atoms with Gasteiger partial charge in [0.2, 0.25) is 0 Å². The first-order valence-corrected chi connectivity index (χ1v) is 9.31. The Kier molecular flexibility index (Phi) is 11.9. The summed E-state index contributed by atoms with van der Waals surface area (Å²) in [7, 11) is 0. The number of halogens is 1. The molecule has 0 saturated carbocycles. The second kappa shape index (κ2) is 12.1. The quantitative estimate of drug-likeness (QED) is 0.297. The zero-order chi connectivity index (χ0) is 17.3. The summed E-state index contributed by atoms with van der Waals surface area (Å²) in [4.78, 5) is 7.88. The summed E-state index contributed by atoms with van der Waals surface area (Å²) in [5.74, 6) is 0.754. The molecule has 1 rings (SSSR count). The lowest BCUT2D eigenvalue weighted by Gasteiger charge is -2.25. The van der Waals surface area contributed by atoms with E-state index < -0.39 is 5.60 Å². The van der Waals surface area contributed by atoms with Gasteiger partial charge in [-0.1, -0.05) is 13.0 Å². The second-order valence-corrected chi connectivity index (χ2v) is 7.04. The fourth-order valence-electron chi connectivity index (χ4n) is 2.34. The summed E-state index contributed by atoms with van der Waals surface area (Å²) in [5.41, 5.74) is -0.927. The van der Waals surface area contributed by atoms with Crippen molar-refractivity contribution >= 4 is 41.3 Å². The normalized spacial score (nSPS) is 14.4. The van der Waals surface area contributed by atoms with E-state index in [0.29, 0.717) is 12.6 Å². The molecule has 1 atom stereocenters. The van der Waals surface area contributed by atoms with Crippen LogP contribution in [-0.4, -0.2) is 54.7 Å². The van der Waals surface area contributed by atoms with E-state index in [1.54, 1.807) is 11.3 Å². The Morgan fingerprint density at radius 2 is 2.08 bits per heavy atom. The van der Waals surface area contributed by atoms with Gasteiger partial charge >= 0.3 is 0 Å². The Morgan fingerprint density at radius 3 is 2.58 bits per heavy atom. The number of likely N-dealkylation sites (N-methyl/N-ethyl adjacent to an activating group) is 1. The number of aliphatic hydroxyl groups is 1. The van der Waals surface area contributed by atoms with Crippen LogP contribution in [0.15, 0.2) is 22.5 Å². The maximum absolute atomic E-state index is 10.6. The van der Waals surface area contributed by atoms with E-state index in [2.05, 4.69) is 41.3 Å². The topological polar surface area (TPSA) is 59.9 Å². The smallest absolute Gasteiger partial charge is 0.191 e. The summed E-state index contributed by atoms with van der Waals surface area (Å²) < 4.78 is 0. The molecule has 5 nitrogen and oxygen atoms in total. The van der Waals surface area contributed by atoms with Crippen LogP contribution in [0.2, 0.25) is 0 Å². The Balaban J connectivity index is 0.00000529. The number of hydrogen-bond acceptors (Lipinski definition) is 4. The summed E-state index contributed by atoms with van der Waals surface area (Å²) in [6.07, 6.45) is 0. The Morgan fingerprint density at radius 1 is 1.38 bits per heavy atom. The van der Waals surface area contributed by atoms with Crippen molar-refractivity contribution in [2.75, 3.05) is 32.7 Å². The number of hydrogen-bond donors (Lipinski definition) is 3. The minimum absolute atomic E-state index is 0. The van der Waals surface area contributed by atoms with Gasteiger partial charge in [0.05, 0.1) is 6.54 Å². The molecule has 1 aromatic heterocycles. The van der Waals surface area contributed by atoms with Crippen molar-refractivity contribution in [2.24, 2.45) is 4.99 Å². The molecule has 0 saturated heterocycles. The number of rotatable bonds is 9. The average molecular weight is 468 g/mol. The standard InChI is InChI=1S/C17H32N4OS.HI/c1-6-18-16(19-10-11-21(7-2)14(3)4)20-13-17(5,22)15-9-8-12-23-15;/h8-9,12,14,22H,6-7,10-11,13H2,1-5H3,(H2,18,19,20);1H. The van der Waals surface area contributed by atoms with Crippen LogP contribution in [-0.2, 0) is 5.60 Å². The summed E-state index contributed by atoms with van der Waals surface area (Å²) in [6.45, 7) is 14.4. The van der Waals surface area contributed by atoms with Crippen LogP contribution in [0.5, 0.6) is 0 Å². The van der Waals surface area contributed by atoms with Crippen LogP contribution in [0, 0.1) is 0 Å². The van der Waals surface area contributed by atoms with E-state index in [4.69, 9.17) is 0 Å². The Hall–Kier alpha value is -0.380. The largest absolute Gasteiger partial charge is 0.383 e. The van der Waals surface area contributed by atoms with Gasteiger partial charge in [0.15, 0.2) is 5.96 Å². The zero-order valence-electron chi connectivity index (χ0n) is 15.5. The molecule has 0 bridgehead atoms. The third-order valence-corrected chi connectivity index (χ3v) is 4.89. The molecule has 0 fully saturated rings. The molecule has 3 N–H and O–H groups in total. The molecule has 0 spiro atoms. The zero-order valence-corrected chi connectivity index (χ0v) is 18.6. The molecule has 0 aromatic carbocycles. The molecule has 0 aliphatic rings. The van der Waals surface area contributed by atoms with Crippen LogP contribution in [0.25, 0.3) is 0 Å². The number of nitrogens with one attached hydrogen (secondary N) is 2. The third kappa shape index (κ3) is 8.13. The monoisotopic (exact) mass is 468 g/mol. The number of guanidine groups is 1. The molecular weight excluding hydrogens is 435 g/mol. The first-order chi connectivity index (χ1) is 10.9. The van der Waals surface area contributed by atoms with Gasteiger partial charge in [-0.15, -0.1) is 35.3 Å². The Labute approximate surface area is 168 Å². The summed E-state index contributed by atoms with van der Waals surface area (Å²) >= 11 is 1.56. The van der Waals surface area contributed by atoms with Gasteiger partial charge < -0.3 is 15.7 Å². The van der Waals surface area contributed by atoms with Gasteiger partial charge in [-0.25, -0.2) is 4.99 Å². The van der Waals surface area contributed by atoms with Gasteiger partial charge in [0.1, 0.15) is 5.60 Å². The second-order valence-electron chi connectivity index (χ2n) is 6.10. The van der Waals surface area contributed by atoms with Crippen LogP contribution in [0.4, 0.5) is 0 Å². The highest BCUT2D eigenvalue weighted by Gasteiger charge is 2.23. The van der Waals surface area contributed by atoms with E-state index in [0.717, 1.165) is 37.0 Å². The van der Waals surface area contributed by atoms with Crippen molar-refractivity contribution in [3.8, 4) is 0 Å². The van der Waals surface area contributed by atoms with Gasteiger partial charge in [-0.2, -0.15) is 0 Å². The molecule has 0 aliphatic carbocycles. The molecule has 0 amide bonds. The van der Waals surface area contributed by atoms with Crippen LogP contribution >= 0.6 is 35.3 Å². The predicted molar refractivity (Wildman–Crippen MR) is 116 cm³/mol. The lowest BCUT2D eigenvalue weighted by Crippen LogP contribution is -2.43. The highest BCUT2D eigenvalue weighted by molar-refractivity contribution is 14.0. The number of thiophene rings is 1. The first-order valence-electron chi connectivity index (χ1n) is 8.43. The highest BCUT2D eigenvalue weighted by Crippen LogP contribution is 2.25. The van der Waals surface area contributed by atoms with Crippen LogP contribution in [0.1, 0.15) is 39.5 Å². The lowest BCUT2D eigenvalue weighted by molar-refractivity contribution is 0.0711. The number of nitrogens with zero attached hydrogens (tertiary/aromatic N) is 2. The average Bonchev–Trinajstić information content (AvgIpc) is 3.04. The number of aliphatic imine (C=N–C) groups is 1. The van der Waals surface area contributed by atoms with Crippen molar-refractivity contribution < 1.29 is 5.11 Å². The SMILES string of the molecule is CCNC(=NCC(C)(O)c1cccs1)NCCN(CC)C(C)C.I. The molecule has 1 unspecified atom stereocenters. The van der Waals surface area contributed by atoms with Crippen molar-refractivity contribution in [1.29, 1.82) is 0 Å². The molecule has 140 valence electrons. The van der Waals surface area contributed by atoms with Crippen LogP contribution < -0.4 is 10.6 Å². The fraction of sp³-hybridized carbons (Fsp3) is 0.706. The van der Waals surface area contributed by atoms with Crippen molar-refractivity contribution in [3.63, 3.8) is 0 Å². The van der Waals surface area contributed by atoms with E-state index in [-0.39, 0.29) is 24.0 Å². The van der Waals surface area contributed by atoms with Crippen molar-refractivity contribution in [3.05, 3.63) is 22.4 Å².